The summed E-state index contributed by atoms with van der Waals surface area (Å²) < 4.78 is 0.509. The van der Waals surface area contributed by atoms with Crippen LogP contribution < -0.4 is 0 Å². The lowest BCUT2D eigenvalue weighted by molar-refractivity contribution is 0.648. The maximum Gasteiger partial charge on any atom is 0.00456 e. The van der Waals surface area contributed by atoms with Crippen molar-refractivity contribution in [3.05, 3.63) is 6.92 Å². The molecule has 0 saturated carbocycles. The standard InChI is InChI=1S/C3H7NS2.C2H5/c1-4(2)3(5)6;1-2/h1-2H3,(H,5,6);1H2,2H3/q;-1/p-1. The Labute approximate surface area is 62.5 Å². The van der Waals surface area contributed by atoms with Crippen LogP contribution in [0, 0.1) is 6.92 Å². The highest BCUT2D eigenvalue weighted by Crippen LogP contribution is 1.74. The van der Waals surface area contributed by atoms with E-state index in [4.69, 9.17) is 0 Å². The van der Waals surface area contributed by atoms with Crippen molar-refractivity contribution in [1.29, 1.82) is 0 Å². The first kappa shape index (κ1) is 11.0. The fraction of sp³-hybridized carbons (Fsp3) is 0.600. The van der Waals surface area contributed by atoms with Crippen LogP contribution in [0.1, 0.15) is 6.92 Å². The highest BCUT2D eigenvalue weighted by Gasteiger charge is 1.71. The van der Waals surface area contributed by atoms with Gasteiger partial charge in [-0.2, -0.15) is 6.92 Å². The van der Waals surface area contributed by atoms with Gasteiger partial charge in [0.1, 0.15) is 0 Å². The molecule has 0 aliphatic rings. The van der Waals surface area contributed by atoms with Crippen LogP contribution in [-0.4, -0.2) is 23.3 Å². The lowest BCUT2D eigenvalue weighted by Gasteiger charge is -2.15. The fourth-order valence-electron chi connectivity index (χ4n) is 0. The average Bonchev–Trinajstić information content (AvgIpc) is 1.72. The summed E-state index contributed by atoms with van der Waals surface area (Å²) in [6.45, 7) is 5.00. The van der Waals surface area contributed by atoms with Crippen molar-refractivity contribution in [2.24, 2.45) is 0 Å². The van der Waals surface area contributed by atoms with E-state index >= 15 is 0 Å². The Kier molecular flexibility index (Phi) is 9.76. The maximum atomic E-state index is 4.56. The minimum atomic E-state index is 0.509. The van der Waals surface area contributed by atoms with E-state index in [-0.39, 0.29) is 0 Å². The Hall–Kier alpha value is 0.110. The summed E-state index contributed by atoms with van der Waals surface area (Å²) in [6, 6.07) is 0. The van der Waals surface area contributed by atoms with E-state index in [1.54, 1.807) is 11.8 Å². The van der Waals surface area contributed by atoms with E-state index in [2.05, 4.69) is 31.8 Å². The fourth-order valence-corrected chi connectivity index (χ4v) is 0. The molecule has 0 N–H and O–H groups in total. The van der Waals surface area contributed by atoms with E-state index in [1.165, 1.54) is 0 Å². The van der Waals surface area contributed by atoms with Crippen molar-refractivity contribution in [2.75, 3.05) is 14.1 Å². The van der Waals surface area contributed by atoms with E-state index < -0.39 is 0 Å². The van der Waals surface area contributed by atoms with Crippen LogP contribution in [0.2, 0.25) is 0 Å². The van der Waals surface area contributed by atoms with Gasteiger partial charge in [0.15, 0.2) is 0 Å². The molecule has 0 amide bonds. The molecule has 0 bridgehead atoms. The second kappa shape index (κ2) is 7.11. The molecule has 0 heterocycles. The van der Waals surface area contributed by atoms with Crippen molar-refractivity contribution >= 4 is 29.2 Å². The predicted molar refractivity (Wildman–Crippen MR) is 44.7 cm³/mol. The van der Waals surface area contributed by atoms with Gasteiger partial charge in [-0.05, 0) is 0 Å². The molecule has 0 rings (SSSR count). The summed E-state index contributed by atoms with van der Waals surface area (Å²) in [6.07, 6.45) is 0. The van der Waals surface area contributed by atoms with E-state index in [9.17, 15) is 0 Å². The highest BCUT2D eigenvalue weighted by molar-refractivity contribution is 8.00. The summed E-state index contributed by atoms with van der Waals surface area (Å²) in [7, 11) is 3.66. The summed E-state index contributed by atoms with van der Waals surface area (Å²) in [5.41, 5.74) is 0. The van der Waals surface area contributed by atoms with Crippen LogP contribution >= 0.6 is 12.2 Å². The van der Waals surface area contributed by atoms with E-state index in [0.717, 1.165) is 0 Å². The first-order valence-electron chi connectivity index (χ1n) is 2.23. The maximum absolute atomic E-state index is 4.56. The molecule has 0 atom stereocenters. The van der Waals surface area contributed by atoms with Gasteiger partial charge in [-0.3, -0.25) is 0 Å². The number of rotatable bonds is 0. The summed E-state index contributed by atoms with van der Waals surface area (Å²) in [4.78, 5) is 1.71. The van der Waals surface area contributed by atoms with Gasteiger partial charge < -0.3 is 36.7 Å². The molecule has 0 aromatic heterocycles. The van der Waals surface area contributed by atoms with Gasteiger partial charge in [-0.15, -0.1) is 0 Å². The van der Waals surface area contributed by atoms with Gasteiger partial charge in [-0.25, -0.2) is 0 Å². The van der Waals surface area contributed by atoms with Gasteiger partial charge >= 0.3 is 0 Å². The number of hydrogen-bond donors (Lipinski definition) is 0. The normalized spacial score (nSPS) is 6.50. The molecule has 0 unspecified atom stereocenters. The molecule has 0 radical (unpaired) electrons. The van der Waals surface area contributed by atoms with Crippen molar-refractivity contribution in [1.82, 2.24) is 4.90 Å². The first-order valence-corrected chi connectivity index (χ1v) is 3.05. The van der Waals surface area contributed by atoms with Crippen LogP contribution in [0.3, 0.4) is 0 Å². The monoisotopic (exact) mass is 149 g/mol. The van der Waals surface area contributed by atoms with Crippen molar-refractivity contribution in [3.8, 4) is 0 Å². The molecule has 1 nitrogen and oxygen atoms in total. The molecule has 0 fully saturated rings. The smallest absolute Gasteiger partial charge is 0.00456 e. The molecule has 0 saturated heterocycles. The number of nitrogens with zero attached hydrogens (tertiary/aromatic N) is 1. The molecule has 8 heavy (non-hydrogen) atoms. The van der Waals surface area contributed by atoms with Crippen molar-refractivity contribution in [3.63, 3.8) is 0 Å². The Morgan fingerprint density at radius 1 is 1.50 bits per heavy atom. The summed E-state index contributed by atoms with van der Waals surface area (Å²) in [5.74, 6) is 0. The third kappa shape index (κ3) is 9.44. The van der Waals surface area contributed by atoms with Crippen LogP contribution in [0.15, 0.2) is 0 Å². The molecular weight excluding hydrogens is 138 g/mol. The molecule has 0 spiro atoms. The van der Waals surface area contributed by atoms with Gasteiger partial charge in [-0.1, -0.05) is 4.32 Å². The van der Waals surface area contributed by atoms with Crippen LogP contribution in [0.25, 0.3) is 0 Å². The Morgan fingerprint density at radius 3 is 1.62 bits per heavy atom. The Bertz CT molecular complexity index is 61.4. The zero-order valence-electron chi connectivity index (χ0n) is 5.47. The molecule has 0 aliphatic carbocycles. The molecule has 50 valence electrons. The molecule has 0 aromatic carbocycles. The summed E-state index contributed by atoms with van der Waals surface area (Å²) in [5, 5.41) is 0. The predicted octanol–water partition coefficient (Wildman–Crippen LogP) is 1.22. The molecule has 0 aliphatic heterocycles. The second-order valence-corrected chi connectivity index (χ2v) is 2.19. The van der Waals surface area contributed by atoms with Crippen LogP contribution in [-0.2, 0) is 12.6 Å². The van der Waals surface area contributed by atoms with Crippen LogP contribution in [0.4, 0.5) is 0 Å². The third-order valence-electron chi connectivity index (χ3n) is 0.365. The lowest BCUT2D eigenvalue weighted by Crippen LogP contribution is -2.15. The summed E-state index contributed by atoms with van der Waals surface area (Å²) >= 11 is 9.12. The second-order valence-electron chi connectivity index (χ2n) is 1.16. The lowest BCUT2D eigenvalue weighted by atomic mass is 11.0. The molecule has 3 heteroatoms. The Balaban J connectivity index is 0. The average molecular weight is 149 g/mol. The molecule has 0 aromatic rings. The van der Waals surface area contributed by atoms with Gasteiger partial charge in [0, 0.05) is 14.1 Å². The first-order chi connectivity index (χ1) is 3.64. The SMILES string of the molecule is CN(C)C(=S)[S-].[CH2-]C. The van der Waals surface area contributed by atoms with Gasteiger partial charge in [0.2, 0.25) is 0 Å². The van der Waals surface area contributed by atoms with E-state index in [1.807, 2.05) is 14.1 Å². The topological polar surface area (TPSA) is 3.24 Å². The van der Waals surface area contributed by atoms with Crippen molar-refractivity contribution < 1.29 is 0 Å². The highest BCUT2D eigenvalue weighted by atomic mass is 32.1. The minimum absolute atomic E-state index is 0.509. The quantitative estimate of drug-likeness (QED) is 0.290. The molecular formula is C5H11NS2-2. The minimum Gasteiger partial charge on any atom is -0.411 e. The van der Waals surface area contributed by atoms with Crippen molar-refractivity contribution in [2.45, 2.75) is 6.92 Å². The third-order valence-corrected chi connectivity index (χ3v) is 1.10. The van der Waals surface area contributed by atoms with E-state index in [0.29, 0.717) is 4.32 Å². The van der Waals surface area contributed by atoms with Gasteiger partial charge in [0.25, 0.3) is 0 Å². The van der Waals surface area contributed by atoms with Crippen LogP contribution in [0.5, 0.6) is 0 Å². The zero-order valence-corrected chi connectivity index (χ0v) is 7.10. The van der Waals surface area contributed by atoms with Gasteiger partial charge in [0.05, 0.1) is 0 Å². The Morgan fingerprint density at radius 2 is 1.62 bits per heavy atom. The zero-order chi connectivity index (χ0) is 7.15. The number of thiocarbonyl (C=S) groups is 1. The largest absolute Gasteiger partial charge is 0.411 e. The number of hydrogen-bond acceptors (Lipinski definition) is 2.